The highest BCUT2D eigenvalue weighted by atomic mass is 19.1. The lowest BCUT2D eigenvalue weighted by atomic mass is 10.1. The summed E-state index contributed by atoms with van der Waals surface area (Å²) in [5.74, 6) is -1.28. The van der Waals surface area contributed by atoms with Crippen LogP contribution in [0.1, 0.15) is 10.4 Å². The lowest BCUT2D eigenvalue weighted by Crippen LogP contribution is -2.04. The summed E-state index contributed by atoms with van der Waals surface area (Å²) in [6.45, 7) is 0. The second-order valence-corrected chi connectivity index (χ2v) is 4.08. The molecule has 0 atom stereocenters. The van der Waals surface area contributed by atoms with Crippen LogP contribution in [0.3, 0.4) is 0 Å². The van der Waals surface area contributed by atoms with Crippen molar-refractivity contribution in [3.8, 4) is 5.75 Å². The number of carboxylic acid groups (broad SMARTS) is 1. The second-order valence-electron chi connectivity index (χ2n) is 4.08. The van der Waals surface area contributed by atoms with Gasteiger partial charge in [0.2, 0.25) is 0 Å². The molecular formula is C14H13FN2O3. The zero-order valence-corrected chi connectivity index (χ0v) is 10.7. The van der Waals surface area contributed by atoms with Crippen molar-refractivity contribution in [2.24, 2.45) is 0 Å². The van der Waals surface area contributed by atoms with Crippen LogP contribution in [0.4, 0.5) is 21.5 Å². The van der Waals surface area contributed by atoms with Crippen molar-refractivity contribution in [2.75, 3.05) is 18.2 Å². The molecule has 5 nitrogen and oxygen atoms in total. The molecule has 4 N–H and O–H groups in total. The molecule has 2 aromatic carbocycles. The van der Waals surface area contributed by atoms with Crippen molar-refractivity contribution < 1.29 is 19.0 Å². The SMILES string of the molecule is COc1cc(F)ccc1Nc1ccc(N)cc1C(=O)O. The Labute approximate surface area is 114 Å². The van der Waals surface area contributed by atoms with Crippen molar-refractivity contribution in [2.45, 2.75) is 0 Å². The maximum absolute atomic E-state index is 13.1. The molecule has 0 heterocycles. The van der Waals surface area contributed by atoms with Crippen LogP contribution in [0.25, 0.3) is 0 Å². The van der Waals surface area contributed by atoms with Crippen molar-refractivity contribution in [1.82, 2.24) is 0 Å². The third kappa shape index (κ3) is 2.80. The van der Waals surface area contributed by atoms with Gasteiger partial charge < -0.3 is 20.9 Å². The number of hydrogen-bond acceptors (Lipinski definition) is 4. The number of ether oxygens (including phenoxy) is 1. The molecule has 0 saturated heterocycles. The Morgan fingerprint density at radius 3 is 2.60 bits per heavy atom. The van der Waals surface area contributed by atoms with Crippen molar-refractivity contribution in [3.05, 3.63) is 47.8 Å². The van der Waals surface area contributed by atoms with Crippen LogP contribution in [-0.4, -0.2) is 18.2 Å². The van der Waals surface area contributed by atoms with E-state index in [2.05, 4.69) is 5.32 Å². The number of carbonyl (C=O) groups is 1. The van der Waals surface area contributed by atoms with Crippen LogP contribution >= 0.6 is 0 Å². The Balaban J connectivity index is 2.42. The molecule has 104 valence electrons. The summed E-state index contributed by atoms with van der Waals surface area (Å²) in [5.41, 5.74) is 6.74. The lowest BCUT2D eigenvalue weighted by molar-refractivity contribution is 0.0698. The number of benzene rings is 2. The summed E-state index contributed by atoms with van der Waals surface area (Å²) in [7, 11) is 1.40. The normalized spacial score (nSPS) is 10.1. The summed E-state index contributed by atoms with van der Waals surface area (Å²) in [6, 6.07) is 8.39. The molecule has 0 fully saturated rings. The summed E-state index contributed by atoms with van der Waals surface area (Å²) < 4.78 is 18.2. The van der Waals surface area contributed by atoms with Gasteiger partial charge in [-0.15, -0.1) is 0 Å². The van der Waals surface area contributed by atoms with Gasteiger partial charge in [0.05, 0.1) is 24.0 Å². The van der Waals surface area contributed by atoms with E-state index in [1.807, 2.05) is 0 Å². The van der Waals surface area contributed by atoms with Crippen molar-refractivity contribution >= 4 is 23.0 Å². The highest BCUT2D eigenvalue weighted by Crippen LogP contribution is 2.30. The quantitative estimate of drug-likeness (QED) is 0.748. The maximum Gasteiger partial charge on any atom is 0.337 e. The number of rotatable bonds is 4. The maximum atomic E-state index is 13.1. The Hall–Kier alpha value is -2.76. The van der Waals surface area contributed by atoms with Gasteiger partial charge in [-0.25, -0.2) is 9.18 Å². The first kappa shape index (κ1) is 13.7. The molecule has 0 spiro atoms. The topological polar surface area (TPSA) is 84.6 Å². The first-order chi connectivity index (χ1) is 9.51. The van der Waals surface area contributed by atoms with E-state index in [1.165, 1.54) is 31.4 Å². The molecule has 0 aliphatic carbocycles. The molecule has 20 heavy (non-hydrogen) atoms. The van der Waals surface area contributed by atoms with E-state index in [0.29, 0.717) is 17.1 Å². The predicted molar refractivity (Wildman–Crippen MR) is 74.0 cm³/mol. The summed E-state index contributed by atoms with van der Waals surface area (Å²) >= 11 is 0. The van der Waals surface area contributed by atoms with Gasteiger partial charge in [0.1, 0.15) is 11.6 Å². The largest absolute Gasteiger partial charge is 0.494 e. The van der Waals surface area contributed by atoms with Crippen LogP contribution in [0, 0.1) is 5.82 Å². The zero-order valence-electron chi connectivity index (χ0n) is 10.7. The van der Waals surface area contributed by atoms with Crippen LogP contribution < -0.4 is 15.8 Å². The van der Waals surface area contributed by atoms with E-state index in [0.717, 1.165) is 0 Å². The van der Waals surface area contributed by atoms with Gasteiger partial charge in [0.15, 0.2) is 0 Å². The van der Waals surface area contributed by atoms with Gasteiger partial charge in [0, 0.05) is 11.8 Å². The first-order valence-electron chi connectivity index (χ1n) is 5.74. The van der Waals surface area contributed by atoms with Gasteiger partial charge in [0.25, 0.3) is 0 Å². The van der Waals surface area contributed by atoms with Crippen LogP contribution in [-0.2, 0) is 0 Å². The van der Waals surface area contributed by atoms with E-state index in [1.54, 1.807) is 12.1 Å². The number of anilines is 3. The average molecular weight is 276 g/mol. The minimum atomic E-state index is -1.11. The number of methoxy groups -OCH3 is 1. The van der Waals surface area contributed by atoms with Gasteiger partial charge in [-0.3, -0.25) is 0 Å². The molecule has 2 rings (SSSR count). The lowest BCUT2D eigenvalue weighted by Gasteiger charge is -2.13. The number of nitrogens with two attached hydrogens (primary N) is 1. The monoisotopic (exact) mass is 276 g/mol. The Morgan fingerprint density at radius 1 is 1.25 bits per heavy atom. The van der Waals surface area contributed by atoms with Gasteiger partial charge in [-0.05, 0) is 30.3 Å². The van der Waals surface area contributed by atoms with E-state index >= 15 is 0 Å². The third-order valence-electron chi connectivity index (χ3n) is 2.71. The Morgan fingerprint density at radius 2 is 1.95 bits per heavy atom. The van der Waals surface area contributed by atoms with Crippen LogP contribution in [0.15, 0.2) is 36.4 Å². The van der Waals surface area contributed by atoms with E-state index in [9.17, 15) is 9.18 Å². The summed E-state index contributed by atoms with van der Waals surface area (Å²) in [4.78, 5) is 11.2. The average Bonchev–Trinajstić information content (AvgIpc) is 2.42. The number of aromatic carboxylic acids is 1. The molecule has 0 aliphatic heterocycles. The molecular weight excluding hydrogens is 263 g/mol. The molecule has 0 radical (unpaired) electrons. The third-order valence-corrected chi connectivity index (χ3v) is 2.71. The summed E-state index contributed by atoms with van der Waals surface area (Å²) in [6.07, 6.45) is 0. The summed E-state index contributed by atoms with van der Waals surface area (Å²) in [5, 5.41) is 12.1. The highest BCUT2D eigenvalue weighted by molar-refractivity contribution is 5.96. The number of carboxylic acids is 1. The Kier molecular flexibility index (Phi) is 3.74. The molecule has 0 unspecified atom stereocenters. The van der Waals surface area contributed by atoms with Gasteiger partial charge >= 0.3 is 5.97 Å². The fourth-order valence-electron chi connectivity index (χ4n) is 1.76. The molecule has 0 bridgehead atoms. The number of hydrogen-bond donors (Lipinski definition) is 3. The van der Waals surface area contributed by atoms with Gasteiger partial charge in [-0.2, -0.15) is 0 Å². The zero-order chi connectivity index (χ0) is 14.7. The van der Waals surface area contributed by atoms with E-state index in [-0.39, 0.29) is 11.3 Å². The number of halogens is 1. The van der Waals surface area contributed by atoms with Crippen molar-refractivity contribution in [1.29, 1.82) is 0 Å². The minimum Gasteiger partial charge on any atom is -0.494 e. The fourth-order valence-corrected chi connectivity index (χ4v) is 1.76. The number of nitrogen functional groups attached to an aromatic ring is 1. The molecule has 6 heteroatoms. The number of nitrogens with one attached hydrogen (secondary N) is 1. The molecule has 2 aromatic rings. The highest BCUT2D eigenvalue weighted by Gasteiger charge is 2.12. The standard InChI is InChI=1S/C14H13FN2O3/c1-20-13-6-8(15)2-4-12(13)17-11-5-3-9(16)7-10(11)14(18)19/h2-7,17H,16H2,1H3,(H,18,19). The minimum absolute atomic E-state index is 0.0244. The molecule has 0 amide bonds. The van der Waals surface area contributed by atoms with E-state index in [4.69, 9.17) is 15.6 Å². The Bertz CT molecular complexity index is 659. The first-order valence-corrected chi connectivity index (χ1v) is 5.74. The molecule has 0 aliphatic rings. The van der Waals surface area contributed by atoms with Crippen LogP contribution in [0.5, 0.6) is 5.75 Å². The van der Waals surface area contributed by atoms with Gasteiger partial charge in [-0.1, -0.05) is 0 Å². The molecule has 0 saturated carbocycles. The predicted octanol–water partition coefficient (Wildman–Crippen LogP) is 2.86. The van der Waals surface area contributed by atoms with E-state index < -0.39 is 11.8 Å². The van der Waals surface area contributed by atoms with Crippen LogP contribution in [0.2, 0.25) is 0 Å². The van der Waals surface area contributed by atoms with Crippen molar-refractivity contribution in [3.63, 3.8) is 0 Å². The molecule has 0 aromatic heterocycles. The second kappa shape index (κ2) is 5.48. The fraction of sp³-hybridized carbons (Fsp3) is 0.0714. The smallest absolute Gasteiger partial charge is 0.337 e.